The van der Waals surface area contributed by atoms with E-state index in [1.165, 1.54) is 385 Å². The van der Waals surface area contributed by atoms with Crippen LogP contribution in [0.4, 0.5) is 0 Å². The maximum Gasteiger partial charge on any atom is 0.101 e. The summed E-state index contributed by atoms with van der Waals surface area (Å²) < 4.78 is 13.3. The van der Waals surface area contributed by atoms with Gasteiger partial charge in [0.1, 0.15) is 6.10 Å². The zero-order valence-electron chi connectivity index (χ0n) is 53.7. The summed E-state index contributed by atoms with van der Waals surface area (Å²) in [5, 5.41) is 11.3. The molecule has 0 spiro atoms. The lowest BCUT2D eigenvalue weighted by Gasteiger charge is -2.23. The van der Waals surface area contributed by atoms with Crippen LogP contribution in [0.15, 0.2) is 0 Å². The average molecular weight is 1070 g/mol. The van der Waals surface area contributed by atoms with Gasteiger partial charge < -0.3 is 14.6 Å². The fourth-order valence-electron chi connectivity index (χ4n) is 12.1. The third kappa shape index (κ3) is 64.7. The van der Waals surface area contributed by atoms with Crippen molar-refractivity contribution in [1.29, 1.82) is 0 Å². The molecule has 3 heteroatoms. The molecule has 76 heavy (non-hydrogen) atoms. The summed E-state index contributed by atoms with van der Waals surface area (Å²) in [7, 11) is 0. The maximum absolute atomic E-state index is 11.3. The van der Waals surface area contributed by atoms with Crippen molar-refractivity contribution < 1.29 is 14.6 Å². The lowest BCUT2D eigenvalue weighted by molar-refractivity contribution is -0.0685. The average Bonchev–Trinajstić information content (AvgIpc) is 3.43. The van der Waals surface area contributed by atoms with Gasteiger partial charge in [-0.1, -0.05) is 413 Å². The molecule has 0 aliphatic rings. The minimum Gasteiger partial charge on any atom is -0.388 e. The molecule has 0 unspecified atom stereocenters. The van der Waals surface area contributed by atoms with Crippen LogP contribution in [0.2, 0.25) is 0 Å². The summed E-state index contributed by atoms with van der Waals surface area (Å²) in [5.41, 5.74) is 0. The molecule has 0 aliphatic heterocycles. The van der Waals surface area contributed by atoms with E-state index in [0.717, 1.165) is 25.7 Å². The SMILES string of the molecule is CCCCCCCCCCCCCCCCCC(CCCCCCCCCCCCCCCCC)OCC(O)COC(CCCCCCCCCCCCCCCCC)CCCCCCCCCCCCCCCCC. The van der Waals surface area contributed by atoms with E-state index < -0.39 is 6.10 Å². The molecule has 0 heterocycles. The Morgan fingerprint density at radius 1 is 0.184 bits per heavy atom. The Kier molecular flexibility index (Phi) is 69.0. The van der Waals surface area contributed by atoms with Crippen LogP contribution >= 0.6 is 0 Å². The van der Waals surface area contributed by atoms with E-state index in [1.807, 2.05) is 0 Å². The lowest BCUT2D eigenvalue weighted by Crippen LogP contribution is -2.28. The van der Waals surface area contributed by atoms with Crippen LogP contribution in [0.5, 0.6) is 0 Å². The van der Waals surface area contributed by atoms with Crippen LogP contribution in [-0.4, -0.2) is 36.6 Å². The van der Waals surface area contributed by atoms with E-state index in [0.29, 0.717) is 13.2 Å². The Bertz CT molecular complexity index is 839. The Morgan fingerprint density at radius 3 is 0.434 bits per heavy atom. The number of aliphatic hydroxyl groups is 1. The topological polar surface area (TPSA) is 38.7 Å². The molecule has 0 aromatic heterocycles. The van der Waals surface area contributed by atoms with Gasteiger partial charge in [-0.15, -0.1) is 0 Å². The first-order valence-corrected chi connectivity index (χ1v) is 36.6. The highest BCUT2D eigenvalue weighted by molar-refractivity contribution is 4.66. The molecular weight excluding hydrogens is 925 g/mol. The number of ether oxygens (including phenoxy) is 2. The van der Waals surface area contributed by atoms with Gasteiger partial charge >= 0.3 is 0 Å². The molecule has 0 rings (SSSR count). The molecule has 0 aliphatic carbocycles. The second kappa shape index (κ2) is 69.2. The Labute approximate surface area is 482 Å². The number of hydrogen-bond acceptors (Lipinski definition) is 3. The molecular formula is C73H148O3. The van der Waals surface area contributed by atoms with Gasteiger partial charge in [-0.3, -0.25) is 0 Å². The number of unbranched alkanes of at least 4 members (excludes halogenated alkanes) is 56. The summed E-state index contributed by atoms with van der Waals surface area (Å²) >= 11 is 0. The molecule has 1 N–H and O–H groups in total. The van der Waals surface area contributed by atoms with E-state index in [-0.39, 0.29) is 12.2 Å². The number of aliphatic hydroxyl groups excluding tert-OH is 1. The lowest BCUT2D eigenvalue weighted by atomic mass is 10.0. The summed E-state index contributed by atoms with van der Waals surface area (Å²) in [6.45, 7) is 10.1. The highest BCUT2D eigenvalue weighted by Gasteiger charge is 2.16. The highest BCUT2D eigenvalue weighted by Crippen LogP contribution is 2.22. The Morgan fingerprint density at radius 2 is 0.303 bits per heavy atom. The van der Waals surface area contributed by atoms with Crippen LogP contribution < -0.4 is 0 Å². The van der Waals surface area contributed by atoms with Gasteiger partial charge in [0.25, 0.3) is 0 Å². The predicted molar refractivity (Wildman–Crippen MR) is 344 cm³/mol. The smallest absolute Gasteiger partial charge is 0.101 e. The molecule has 0 aromatic rings. The van der Waals surface area contributed by atoms with Crippen molar-refractivity contribution in [2.75, 3.05) is 13.2 Å². The quantitative estimate of drug-likeness (QED) is 0.0617. The summed E-state index contributed by atoms with van der Waals surface area (Å²) in [5.74, 6) is 0. The third-order valence-corrected chi connectivity index (χ3v) is 17.6. The minimum atomic E-state index is -0.519. The summed E-state index contributed by atoms with van der Waals surface area (Å²) in [6.07, 6.45) is 89.3. The summed E-state index contributed by atoms with van der Waals surface area (Å²) in [4.78, 5) is 0. The van der Waals surface area contributed by atoms with Crippen molar-refractivity contribution in [3.05, 3.63) is 0 Å². The van der Waals surface area contributed by atoms with Crippen molar-refractivity contribution >= 4 is 0 Å². The zero-order valence-corrected chi connectivity index (χ0v) is 53.7. The standard InChI is InChI=1S/C73H148O3/c1-5-9-13-17-21-25-29-33-37-41-45-49-53-57-61-65-72(66-62-58-54-50-46-42-38-34-30-26-22-18-14-10-6-2)75-69-71(74)70-76-73(67-63-59-55-51-47-43-39-35-31-27-23-19-15-11-7-3)68-64-60-56-52-48-44-40-36-32-28-24-20-16-12-8-4/h71-74H,5-70H2,1-4H3. The zero-order chi connectivity index (χ0) is 54.8. The van der Waals surface area contributed by atoms with Gasteiger partial charge in [0.2, 0.25) is 0 Å². The second-order valence-electron chi connectivity index (χ2n) is 25.5. The van der Waals surface area contributed by atoms with Gasteiger partial charge in [-0.25, -0.2) is 0 Å². The molecule has 0 bridgehead atoms. The maximum atomic E-state index is 11.3. The molecule has 458 valence electrons. The van der Waals surface area contributed by atoms with Crippen molar-refractivity contribution in [3.63, 3.8) is 0 Å². The van der Waals surface area contributed by atoms with Gasteiger partial charge in [-0.05, 0) is 25.7 Å². The molecule has 3 nitrogen and oxygen atoms in total. The monoisotopic (exact) mass is 1070 g/mol. The fourth-order valence-corrected chi connectivity index (χ4v) is 12.1. The van der Waals surface area contributed by atoms with Crippen molar-refractivity contribution in [1.82, 2.24) is 0 Å². The molecule has 0 saturated heterocycles. The second-order valence-corrected chi connectivity index (χ2v) is 25.5. The van der Waals surface area contributed by atoms with E-state index >= 15 is 0 Å². The first kappa shape index (κ1) is 75.9. The molecule has 0 amide bonds. The van der Waals surface area contributed by atoms with Crippen molar-refractivity contribution in [2.45, 2.75) is 457 Å². The largest absolute Gasteiger partial charge is 0.388 e. The fraction of sp³-hybridized carbons (Fsp3) is 1.00. The predicted octanol–water partition coefficient (Wildman–Crippen LogP) is 26.2. The van der Waals surface area contributed by atoms with Crippen LogP contribution in [0.25, 0.3) is 0 Å². The molecule has 0 radical (unpaired) electrons. The normalized spacial score (nSPS) is 12.0. The van der Waals surface area contributed by atoms with E-state index in [9.17, 15) is 5.11 Å². The minimum absolute atomic E-state index is 0.287. The summed E-state index contributed by atoms with van der Waals surface area (Å²) in [6, 6.07) is 0. The van der Waals surface area contributed by atoms with Gasteiger partial charge in [0.05, 0.1) is 25.4 Å². The van der Waals surface area contributed by atoms with Crippen LogP contribution in [0.3, 0.4) is 0 Å². The first-order chi connectivity index (χ1) is 37.7. The Balaban J connectivity index is 4.80. The van der Waals surface area contributed by atoms with Crippen LogP contribution in [-0.2, 0) is 9.47 Å². The van der Waals surface area contributed by atoms with Gasteiger partial charge in [0, 0.05) is 0 Å². The van der Waals surface area contributed by atoms with Crippen molar-refractivity contribution in [3.8, 4) is 0 Å². The molecule has 0 atom stereocenters. The highest BCUT2D eigenvalue weighted by atomic mass is 16.5. The van der Waals surface area contributed by atoms with Crippen LogP contribution in [0, 0.1) is 0 Å². The first-order valence-electron chi connectivity index (χ1n) is 36.6. The van der Waals surface area contributed by atoms with E-state index in [1.54, 1.807) is 0 Å². The van der Waals surface area contributed by atoms with E-state index in [2.05, 4.69) is 27.7 Å². The third-order valence-electron chi connectivity index (χ3n) is 17.6. The van der Waals surface area contributed by atoms with Gasteiger partial charge in [0.15, 0.2) is 0 Å². The Hall–Kier alpha value is -0.120. The molecule has 0 fully saturated rings. The molecule has 0 saturated carbocycles. The van der Waals surface area contributed by atoms with E-state index in [4.69, 9.17) is 9.47 Å². The van der Waals surface area contributed by atoms with Crippen LogP contribution in [0.1, 0.15) is 439 Å². The number of rotatable bonds is 70. The molecule has 0 aromatic carbocycles. The van der Waals surface area contributed by atoms with Crippen molar-refractivity contribution in [2.24, 2.45) is 0 Å². The number of hydrogen-bond donors (Lipinski definition) is 1. The van der Waals surface area contributed by atoms with Gasteiger partial charge in [-0.2, -0.15) is 0 Å².